The quantitative estimate of drug-likeness (QED) is 0.431. The molecule has 2 aromatic carbocycles. The summed E-state index contributed by atoms with van der Waals surface area (Å²) in [6.45, 7) is 17.4. The van der Waals surface area contributed by atoms with Crippen molar-refractivity contribution >= 4 is 17.0 Å². The van der Waals surface area contributed by atoms with Crippen molar-refractivity contribution in [3.05, 3.63) is 56.6 Å². The van der Waals surface area contributed by atoms with Crippen molar-refractivity contribution < 1.29 is 20.8 Å². The summed E-state index contributed by atoms with van der Waals surface area (Å²) in [6, 6.07) is 4.41. The Morgan fingerprint density at radius 3 is 1.33 bits per heavy atom. The molecule has 21 heavy (non-hydrogen) atoms. The van der Waals surface area contributed by atoms with Gasteiger partial charge in [0.05, 0.1) is 0 Å². The molecular formula is C18H26Cl2Zr. The van der Waals surface area contributed by atoms with Crippen LogP contribution in [0.1, 0.15) is 44.5 Å². The van der Waals surface area contributed by atoms with Crippen LogP contribution in [0.4, 0.5) is 0 Å². The van der Waals surface area contributed by atoms with Crippen molar-refractivity contribution in [2.75, 3.05) is 0 Å². The molecule has 0 fully saturated rings. The number of hydrogen-bond donors (Lipinski definition) is 0. The summed E-state index contributed by atoms with van der Waals surface area (Å²) in [4.78, 5) is 0. The monoisotopic (exact) mass is 402 g/mol. The van der Waals surface area contributed by atoms with E-state index in [-0.39, 0.29) is 0 Å². The molecule has 2 aromatic rings. The first-order valence-electron chi connectivity index (χ1n) is 7.03. The van der Waals surface area contributed by atoms with Crippen molar-refractivity contribution in [1.29, 1.82) is 0 Å². The van der Waals surface area contributed by atoms with Gasteiger partial charge in [0, 0.05) is 0 Å². The summed E-state index contributed by atoms with van der Waals surface area (Å²) in [5.41, 5.74) is 11.5. The van der Waals surface area contributed by atoms with Crippen molar-refractivity contribution in [3.63, 3.8) is 0 Å². The molecule has 2 rings (SSSR count). The molecule has 0 saturated heterocycles. The van der Waals surface area contributed by atoms with E-state index in [4.69, 9.17) is 17.0 Å². The Morgan fingerprint density at radius 1 is 0.857 bits per heavy atom. The van der Waals surface area contributed by atoms with Gasteiger partial charge in [0.15, 0.2) is 0 Å². The Balaban J connectivity index is 0.000000327. The standard InChI is InChI=1S/C10H15.C8H11.2ClH.Zr/c1-6-7(2)9(4)10(5)8(6)3;1-6-4-7(2)8(3)5-6;;;/h1-5H3;4-5H,1-3H3;2*1H;/q2*-1;;;+4/p-2. The molecule has 0 aliphatic carbocycles. The zero-order chi connectivity index (χ0) is 16.7. The van der Waals surface area contributed by atoms with Gasteiger partial charge in [0.25, 0.3) is 0 Å². The average Bonchev–Trinajstić information content (AvgIpc) is 2.79. The van der Waals surface area contributed by atoms with Gasteiger partial charge in [-0.1, -0.05) is 55.4 Å². The van der Waals surface area contributed by atoms with Crippen LogP contribution in [-0.2, 0) is 20.8 Å². The average molecular weight is 405 g/mol. The van der Waals surface area contributed by atoms with Crippen LogP contribution in [0.5, 0.6) is 0 Å². The molecule has 0 amide bonds. The first-order valence-corrected chi connectivity index (χ1v) is 13.4. The van der Waals surface area contributed by atoms with Gasteiger partial charge in [-0.05, 0) is 0 Å². The first kappa shape index (κ1) is 21.2. The third-order valence-electron chi connectivity index (χ3n) is 4.32. The Morgan fingerprint density at radius 2 is 1.24 bits per heavy atom. The van der Waals surface area contributed by atoms with Gasteiger partial charge in [-0.3, -0.25) is 0 Å². The van der Waals surface area contributed by atoms with Gasteiger partial charge in [-0.2, -0.15) is 45.0 Å². The number of halogens is 2. The summed E-state index contributed by atoms with van der Waals surface area (Å²) in [5, 5.41) is 0. The van der Waals surface area contributed by atoms with E-state index in [1.807, 2.05) is 0 Å². The van der Waals surface area contributed by atoms with E-state index in [1.54, 1.807) is 0 Å². The number of rotatable bonds is 0. The maximum atomic E-state index is 4.93. The van der Waals surface area contributed by atoms with E-state index in [0.717, 1.165) is 0 Å². The van der Waals surface area contributed by atoms with Crippen molar-refractivity contribution in [3.8, 4) is 0 Å². The molecule has 0 aliphatic heterocycles. The summed E-state index contributed by atoms with van der Waals surface area (Å²) in [6.07, 6.45) is 0. The molecule has 0 N–H and O–H groups in total. The van der Waals surface area contributed by atoms with Crippen LogP contribution in [0.25, 0.3) is 0 Å². The van der Waals surface area contributed by atoms with E-state index in [1.165, 1.54) is 44.5 Å². The van der Waals surface area contributed by atoms with Gasteiger partial charge >= 0.3 is 37.9 Å². The normalized spacial score (nSPS) is 9.24. The molecule has 0 saturated carbocycles. The molecule has 0 bridgehead atoms. The summed E-state index contributed by atoms with van der Waals surface area (Å²) < 4.78 is 0. The summed E-state index contributed by atoms with van der Waals surface area (Å²) >= 11 is -0.826. The second kappa shape index (κ2) is 10.0. The summed E-state index contributed by atoms with van der Waals surface area (Å²) in [5.74, 6) is 0. The van der Waals surface area contributed by atoms with Gasteiger partial charge in [-0.15, -0.1) is 0 Å². The fraction of sp³-hybridized carbons (Fsp3) is 0.444. The third-order valence-corrected chi connectivity index (χ3v) is 4.32. The van der Waals surface area contributed by atoms with Crippen LogP contribution in [0.2, 0.25) is 0 Å². The van der Waals surface area contributed by atoms with Crippen LogP contribution >= 0.6 is 17.0 Å². The third kappa shape index (κ3) is 6.43. The van der Waals surface area contributed by atoms with Gasteiger partial charge in [0.2, 0.25) is 0 Å². The fourth-order valence-electron chi connectivity index (χ4n) is 2.36. The molecule has 0 atom stereocenters. The van der Waals surface area contributed by atoms with Crippen molar-refractivity contribution in [1.82, 2.24) is 0 Å². The molecule has 3 heteroatoms. The van der Waals surface area contributed by atoms with Gasteiger partial charge in [-0.25, -0.2) is 11.6 Å². The Labute approximate surface area is 149 Å². The molecule has 0 unspecified atom stereocenters. The molecule has 116 valence electrons. The first-order chi connectivity index (χ1) is 9.67. The zero-order valence-electron chi connectivity index (χ0n) is 14.4. The van der Waals surface area contributed by atoms with Gasteiger partial charge < -0.3 is 0 Å². The minimum absolute atomic E-state index is 0.826. The van der Waals surface area contributed by atoms with E-state index in [9.17, 15) is 0 Å². The molecule has 0 radical (unpaired) electrons. The van der Waals surface area contributed by atoms with Crippen LogP contribution in [0, 0.1) is 55.4 Å². The fourth-order valence-corrected chi connectivity index (χ4v) is 2.36. The SMILES string of the molecule is Cc1c(C)c(C)[c-](C)c1C.Cc1cc(C)[c-](C)c1.[Cl][Zr+2][Cl]. The molecule has 0 aliphatic rings. The molecule has 0 nitrogen and oxygen atoms in total. The number of aryl methyl sites for hydroxylation is 3. The summed E-state index contributed by atoms with van der Waals surface area (Å²) in [7, 11) is 9.87. The Bertz CT molecular complexity index is 462. The molecular weight excluding hydrogens is 378 g/mol. The second-order valence-corrected chi connectivity index (χ2v) is 9.33. The maximum absolute atomic E-state index is 4.93. The van der Waals surface area contributed by atoms with Crippen LogP contribution in [-0.4, -0.2) is 0 Å². The topological polar surface area (TPSA) is 0 Å². The van der Waals surface area contributed by atoms with E-state index >= 15 is 0 Å². The zero-order valence-corrected chi connectivity index (χ0v) is 18.4. The molecule has 0 aromatic heterocycles. The number of hydrogen-bond acceptors (Lipinski definition) is 0. The van der Waals surface area contributed by atoms with Crippen LogP contribution in [0.15, 0.2) is 12.1 Å². The second-order valence-electron chi connectivity index (χ2n) is 5.60. The van der Waals surface area contributed by atoms with Crippen LogP contribution in [0.3, 0.4) is 0 Å². The Kier molecular flexibility index (Phi) is 10.1. The van der Waals surface area contributed by atoms with E-state index in [0.29, 0.717) is 0 Å². The molecule has 0 heterocycles. The van der Waals surface area contributed by atoms with Crippen LogP contribution < -0.4 is 0 Å². The van der Waals surface area contributed by atoms with E-state index < -0.39 is 20.8 Å². The van der Waals surface area contributed by atoms with Crippen molar-refractivity contribution in [2.24, 2.45) is 0 Å². The van der Waals surface area contributed by atoms with Gasteiger partial charge in [0.1, 0.15) is 0 Å². The van der Waals surface area contributed by atoms with E-state index in [2.05, 4.69) is 67.5 Å². The predicted molar refractivity (Wildman–Crippen MR) is 93.7 cm³/mol. The Hall–Kier alpha value is 0.163. The minimum atomic E-state index is -0.826. The predicted octanol–water partition coefficient (Wildman–Crippen LogP) is 6.65. The van der Waals surface area contributed by atoms with Crippen molar-refractivity contribution in [2.45, 2.75) is 55.4 Å². The molecule has 0 spiro atoms.